The Balaban J connectivity index is 3.26. The van der Waals surface area contributed by atoms with E-state index in [9.17, 15) is 4.79 Å². The molecule has 0 aliphatic heterocycles. The third-order valence-electron chi connectivity index (χ3n) is 0.797. The maximum atomic E-state index is 10.7. The van der Waals surface area contributed by atoms with Crippen molar-refractivity contribution >= 4 is 6.03 Å². The van der Waals surface area contributed by atoms with Crippen LogP contribution in [0.4, 0.5) is 4.79 Å². The van der Waals surface area contributed by atoms with Crippen LogP contribution in [0.15, 0.2) is 0 Å². The van der Waals surface area contributed by atoms with Gasteiger partial charge in [0.15, 0.2) is 0 Å². The lowest BCUT2D eigenvalue weighted by atomic mass is 10.4. The maximum absolute atomic E-state index is 10.7. The summed E-state index contributed by atoms with van der Waals surface area (Å²) in [5, 5.41) is 5.14. The number of carbonyl (C=O) groups is 1. The Morgan fingerprint density at radius 3 is 2.60 bits per heavy atom. The van der Waals surface area contributed by atoms with Crippen LogP contribution in [0.3, 0.4) is 0 Å². The van der Waals surface area contributed by atoms with E-state index in [4.69, 9.17) is 0 Å². The largest absolute Gasteiger partial charge is 0.364 e. The van der Waals surface area contributed by atoms with Crippen molar-refractivity contribution in [3.8, 4) is 0 Å². The van der Waals surface area contributed by atoms with E-state index in [1.807, 2.05) is 13.8 Å². The van der Waals surface area contributed by atoms with Crippen molar-refractivity contribution in [2.24, 2.45) is 0 Å². The number of methoxy groups -OCH3 is 1. The van der Waals surface area contributed by atoms with Crippen molar-refractivity contribution in [3.63, 3.8) is 0 Å². The second-order valence-corrected chi connectivity index (χ2v) is 2.24. The van der Waals surface area contributed by atoms with Crippen LogP contribution in [0.25, 0.3) is 0 Å². The van der Waals surface area contributed by atoms with Gasteiger partial charge in [-0.25, -0.2) is 4.79 Å². The van der Waals surface area contributed by atoms with E-state index in [0.29, 0.717) is 0 Å². The van der Waals surface area contributed by atoms with Crippen LogP contribution in [0, 0.1) is 0 Å². The van der Waals surface area contributed by atoms with Crippen molar-refractivity contribution in [1.29, 1.82) is 0 Å². The number of nitrogens with one attached hydrogen (secondary N) is 2. The highest BCUT2D eigenvalue weighted by Crippen LogP contribution is 1.75. The fraction of sp³-hybridized carbons (Fsp3) is 0.833. The molecule has 0 aromatic heterocycles. The maximum Gasteiger partial charge on any atom is 0.316 e. The third-order valence-corrected chi connectivity index (χ3v) is 0.797. The van der Waals surface area contributed by atoms with E-state index in [-0.39, 0.29) is 18.8 Å². The predicted molar refractivity (Wildman–Crippen MR) is 38.7 cm³/mol. The van der Waals surface area contributed by atoms with Crippen molar-refractivity contribution in [3.05, 3.63) is 0 Å². The van der Waals surface area contributed by atoms with Crippen molar-refractivity contribution in [2.75, 3.05) is 13.8 Å². The summed E-state index contributed by atoms with van der Waals surface area (Å²) in [5.74, 6) is 0. The monoisotopic (exact) mass is 146 g/mol. The summed E-state index contributed by atoms with van der Waals surface area (Å²) in [7, 11) is 1.52. The van der Waals surface area contributed by atoms with Crippen LogP contribution >= 0.6 is 0 Å². The van der Waals surface area contributed by atoms with Gasteiger partial charge in [0, 0.05) is 13.2 Å². The zero-order valence-electron chi connectivity index (χ0n) is 6.60. The number of ether oxygens (including phenoxy) is 1. The lowest BCUT2D eigenvalue weighted by Crippen LogP contribution is -2.40. The molecule has 60 valence electrons. The first-order valence-electron chi connectivity index (χ1n) is 3.20. The Kier molecular flexibility index (Phi) is 4.66. The smallest absolute Gasteiger partial charge is 0.316 e. The summed E-state index contributed by atoms with van der Waals surface area (Å²) in [6.45, 7) is 4.04. The normalized spacial score (nSPS) is 9.60. The van der Waals surface area contributed by atoms with Crippen LogP contribution < -0.4 is 10.6 Å². The van der Waals surface area contributed by atoms with Crippen LogP contribution in [-0.4, -0.2) is 25.9 Å². The molecule has 4 nitrogen and oxygen atoms in total. The molecule has 0 bridgehead atoms. The van der Waals surface area contributed by atoms with Crippen molar-refractivity contribution in [2.45, 2.75) is 19.9 Å². The molecule has 0 fully saturated rings. The molecule has 0 saturated carbocycles. The quantitative estimate of drug-likeness (QED) is 0.562. The Morgan fingerprint density at radius 1 is 1.60 bits per heavy atom. The van der Waals surface area contributed by atoms with Gasteiger partial charge in [0.2, 0.25) is 0 Å². The van der Waals surface area contributed by atoms with Crippen LogP contribution in [0.1, 0.15) is 13.8 Å². The first-order chi connectivity index (χ1) is 4.66. The fourth-order valence-electron chi connectivity index (χ4n) is 0.451. The van der Waals surface area contributed by atoms with Gasteiger partial charge in [-0.1, -0.05) is 0 Å². The van der Waals surface area contributed by atoms with Gasteiger partial charge in [0.05, 0.1) is 0 Å². The lowest BCUT2D eigenvalue weighted by molar-refractivity contribution is 0.171. The summed E-state index contributed by atoms with van der Waals surface area (Å²) in [6, 6.07) is -0.0336. The molecule has 0 rings (SSSR count). The highest BCUT2D eigenvalue weighted by Gasteiger charge is 1.98. The second-order valence-electron chi connectivity index (χ2n) is 2.24. The van der Waals surface area contributed by atoms with E-state index in [2.05, 4.69) is 15.4 Å². The SMILES string of the molecule is COCNC(=O)NC(C)C. The first kappa shape index (κ1) is 9.23. The Morgan fingerprint density at radius 2 is 2.20 bits per heavy atom. The molecular formula is C6H14N2O2. The number of hydrogen-bond donors (Lipinski definition) is 2. The molecule has 0 aliphatic carbocycles. The minimum absolute atomic E-state index is 0.164. The Labute approximate surface area is 60.9 Å². The standard InChI is InChI=1S/C6H14N2O2/c1-5(2)8-6(9)7-4-10-3/h5H,4H2,1-3H3,(H2,7,8,9). The van der Waals surface area contributed by atoms with Gasteiger partial charge in [-0.3, -0.25) is 0 Å². The summed E-state index contributed by atoms with van der Waals surface area (Å²) in [4.78, 5) is 10.7. The van der Waals surface area contributed by atoms with Crippen LogP contribution in [0.2, 0.25) is 0 Å². The molecular weight excluding hydrogens is 132 g/mol. The number of urea groups is 1. The number of carbonyl (C=O) groups excluding carboxylic acids is 1. The summed E-state index contributed by atoms with van der Waals surface area (Å²) in [5.41, 5.74) is 0. The zero-order valence-corrected chi connectivity index (χ0v) is 6.60. The molecule has 2 amide bonds. The van der Waals surface area contributed by atoms with Crippen LogP contribution in [0.5, 0.6) is 0 Å². The second kappa shape index (κ2) is 5.05. The molecule has 0 spiro atoms. The van der Waals surface area contributed by atoms with E-state index in [1.54, 1.807) is 0 Å². The topological polar surface area (TPSA) is 50.4 Å². The molecule has 0 saturated heterocycles. The number of hydrogen-bond acceptors (Lipinski definition) is 2. The molecule has 0 aromatic rings. The number of amides is 2. The Bertz CT molecular complexity index is 104. The minimum Gasteiger partial charge on any atom is -0.364 e. The average molecular weight is 146 g/mol. The van der Waals surface area contributed by atoms with E-state index in [0.717, 1.165) is 0 Å². The molecule has 0 unspecified atom stereocenters. The average Bonchev–Trinajstić information content (AvgIpc) is 1.82. The molecule has 0 radical (unpaired) electrons. The highest BCUT2D eigenvalue weighted by atomic mass is 16.5. The number of rotatable bonds is 3. The van der Waals surface area contributed by atoms with E-state index >= 15 is 0 Å². The highest BCUT2D eigenvalue weighted by molar-refractivity contribution is 5.73. The molecule has 4 heteroatoms. The summed E-state index contributed by atoms with van der Waals surface area (Å²) in [6.07, 6.45) is 0. The first-order valence-corrected chi connectivity index (χ1v) is 3.20. The minimum atomic E-state index is -0.197. The van der Waals surface area contributed by atoms with Gasteiger partial charge in [-0.2, -0.15) is 0 Å². The van der Waals surface area contributed by atoms with Gasteiger partial charge in [0.1, 0.15) is 6.73 Å². The molecule has 0 aromatic carbocycles. The van der Waals surface area contributed by atoms with E-state index in [1.165, 1.54) is 7.11 Å². The predicted octanol–water partition coefficient (Wildman–Crippen LogP) is 0.298. The zero-order chi connectivity index (χ0) is 7.98. The summed E-state index contributed by atoms with van der Waals surface area (Å²) < 4.78 is 4.62. The molecule has 0 aliphatic rings. The fourth-order valence-corrected chi connectivity index (χ4v) is 0.451. The van der Waals surface area contributed by atoms with Gasteiger partial charge in [-0.05, 0) is 13.8 Å². The van der Waals surface area contributed by atoms with Gasteiger partial charge in [-0.15, -0.1) is 0 Å². The van der Waals surface area contributed by atoms with Gasteiger partial charge in [0.25, 0.3) is 0 Å². The Hall–Kier alpha value is -0.770. The molecule has 0 heterocycles. The van der Waals surface area contributed by atoms with Gasteiger partial charge >= 0.3 is 6.03 Å². The molecule has 2 N–H and O–H groups in total. The van der Waals surface area contributed by atoms with E-state index < -0.39 is 0 Å². The van der Waals surface area contributed by atoms with Crippen molar-refractivity contribution in [1.82, 2.24) is 10.6 Å². The molecule has 0 atom stereocenters. The third kappa shape index (κ3) is 5.37. The van der Waals surface area contributed by atoms with Gasteiger partial charge < -0.3 is 15.4 Å². The lowest BCUT2D eigenvalue weighted by Gasteiger charge is -2.08. The molecule has 10 heavy (non-hydrogen) atoms. The van der Waals surface area contributed by atoms with Crippen molar-refractivity contribution < 1.29 is 9.53 Å². The summed E-state index contributed by atoms with van der Waals surface area (Å²) >= 11 is 0. The van der Waals surface area contributed by atoms with Crippen LogP contribution in [-0.2, 0) is 4.74 Å².